The second-order valence-electron chi connectivity index (χ2n) is 6.47. The summed E-state index contributed by atoms with van der Waals surface area (Å²) >= 11 is 1.23. The summed E-state index contributed by atoms with van der Waals surface area (Å²) in [7, 11) is 1.65. The zero-order valence-electron chi connectivity index (χ0n) is 14.1. The van der Waals surface area contributed by atoms with Gasteiger partial charge in [-0.25, -0.2) is 5.01 Å². The fraction of sp³-hybridized carbons (Fsp3) is 0.263. The molecule has 7 heteroatoms. The molecular weight excluding hydrogens is 350 g/mol. The maximum Gasteiger partial charge on any atom is 0.289 e. The third kappa shape index (κ3) is 2.27. The molecule has 3 aliphatic heterocycles. The molecule has 0 saturated carbocycles. The minimum atomic E-state index is -0.922. The summed E-state index contributed by atoms with van der Waals surface area (Å²) in [4.78, 5) is 11.9. The van der Waals surface area contributed by atoms with Gasteiger partial charge in [-0.05, 0) is 35.9 Å². The molecule has 5 rings (SSSR count). The van der Waals surface area contributed by atoms with Crippen LogP contribution in [0.1, 0.15) is 23.6 Å². The Labute approximate surface area is 155 Å². The lowest BCUT2D eigenvalue weighted by molar-refractivity contribution is -0.111. The molecule has 0 aromatic heterocycles. The fourth-order valence-electron chi connectivity index (χ4n) is 3.69. The third-order valence-electron chi connectivity index (χ3n) is 4.96. The van der Waals surface area contributed by atoms with Gasteiger partial charge < -0.3 is 9.47 Å². The predicted octanol–water partition coefficient (Wildman–Crippen LogP) is 3.35. The molecule has 1 N–H and O–H groups in total. The van der Waals surface area contributed by atoms with Crippen LogP contribution in [0, 0.1) is 0 Å². The number of hydrogen-bond donors (Lipinski definition) is 1. The average molecular weight is 367 g/mol. The number of rotatable bonds is 2. The Bertz CT molecular complexity index is 915. The van der Waals surface area contributed by atoms with Crippen LogP contribution in [0.3, 0.4) is 0 Å². The Kier molecular flexibility index (Phi) is 3.40. The minimum Gasteiger partial charge on any atom is -0.497 e. The van der Waals surface area contributed by atoms with E-state index in [1.165, 1.54) is 11.8 Å². The lowest BCUT2D eigenvalue weighted by atomic mass is 9.96. The maximum atomic E-state index is 11.9. The first-order valence-electron chi connectivity index (χ1n) is 8.43. The number of carbonyl (C=O) groups is 1. The molecule has 3 aliphatic rings. The molecule has 2 aromatic carbocycles. The normalized spacial score (nSPS) is 26.0. The number of hydrazone groups is 1. The molecule has 1 amide bonds. The first kappa shape index (κ1) is 15.6. The van der Waals surface area contributed by atoms with Crippen LogP contribution in [-0.4, -0.2) is 34.7 Å². The largest absolute Gasteiger partial charge is 0.497 e. The quantitative estimate of drug-likeness (QED) is 0.882. The zero-order valence-corrected chi connectivity index (χ0v) is 15.0. The van der Waals surface area contributed by atoms with Crippen LogP contribution in [0.4, 0.5) is 4.79 Å². The second kappa shape index (κ2) is 5.67. The molecule has 1 fully saturated rings. The summed E-state index contributed by atoms with van der Waals surface area (Å²) in [5.74, 6) is 1.20. The summed E-state index contributed by atoms with van der Waals surface area (Å²) in [5, 5.41) is 9.67. The van der Waals surface area contributed by atoms with Crippen LogP contribution >= 0.6 is 11.8 Å². The van der Waals surface area contributed by atoms with E-state index in [1.54, 1.807) is 7.11 Å². The highest BCUT2D eigenvalue weighted by Crippen LogP contribution is 2.48. The van der Waals surface area contributed by atoms with Gasteiger partial charge in [0.1, 0.15) is 11.5 Å². The Balaban J connectivity index is 1.57. The molecule has 3 heterocycles. The molecule has 2 atom stereocenters. The number of hydrogen-bond acceptors (Lipinski definition) is 6. The number of carbonyl (C=O) groups excluding carboxylic acids is 1. The number of benzene rings is 2. The highest BCUT2D eigenvalue weighted by Gasteiger charge is 2.54. The van der Waals surface area contributed by atoms with Crippen molar-refractivity contribution in [2.45, 2.75) is 18.3 Å². The zero-order chi connectivity index (χ0) is 17.7. The van der Waals surface area contributed by atoms with Gasteiger partial charge in [-0.1, -0.05) is 30.0 Å². The Morgan fingerprint density at radius 2 is 2.08 bits per heavy atom. The summed E-state index contributed by atoms with van der Waals surface area (Å²) < 4.78 is 11.5. The van der Waals surface area contributed by atoms with Gasteiger partial charge in [-0.3, -0.25) is 10.1 Å². The van der Waals surface area contributed by atoms with Crippen molar-refractivity contribution in [1.29, 1.82) is 0 Å². The Morgan fingerprint density at radius 3 is 2.81 bits per heavy atom. The number of para-hydroxylation sites is 1. The summed E-state index contributed by atoms with van der Waals surface area (Å²) in [6.07, 6.45) is 0.759. The van der Waals surface area contributed by atoms with E-state index in [1.807, 2.05) is 47.5 Å². The summed E-state index contributed by atoms with van der Waals surface area (Å²) in [5.41, 5.74) is 3.12. The van der Waals surface area contributed by atoms with Crippen LogP contribution in [0.15, 0.2) is 53.6 Å². The molecule has 1 saturated heterocycles. The Morgan fingerprint density at radius 1 is 1.27 bits per heavy atom. The monoisotopic (exact) mass is 367 g/mol. The van der Waals surface area contributed by atoms with E-state index in [0.29, 0.717) is 5.75 Å². The van der Waals surface area contributed by atoms with Crippen LogP contribution < -0.4 is 14.8 Å². The maximum absolute atomic E-state index is 11.9. The van der Waals surface area contributed by atoms with Gasteiger partial charge in [0.2, 0.25) is 0 Å². The van der Waals surface area contributed by atoms with Crippen LogP contribution in [-0.2, 0) is 0 Å². The number of amides is 1. The van der Waals surface area contributed by atoms with Gasteiger partial charge in [0.05, 0.1) is 24.6 Å². The van der Waals surface area contributed by atoms with Crippen molar-refractivity contribution in [1.82, 2.24) is 10.3 Å². The molecule has 1 spiro atoms. The molecule has 0 unspecified atom stereocenters. The first-order valence-corrected chi connectivity index (χ1v) is 9.41. The lowest BCUT2D eigenvalue weighted by Gasteiger charge is -2.44. The van der Waals surface area contributed by atoms with Gasteiger partial charge in [-0.2, -0.15) is 5.10 Å². The van der Waals surface area contributed by atoms with Crippen molar-refractivity contribution in [2.75, 3.05) is 12.9 Å². The molecule has 0 aliphatic carbocycles. The van der Waals surface area contributed by atoms with Crippen molar-refractivity contribution in [3.8, 4) is 11.5 Å². The van der Waals surface area contributed by atoms with E-state index < -0.39 is 5.85 Å². The number of thioether (sulfide) groups is 1. The van der Waals surface area contributed by atoms with E-state index in [0.717, 1.165) is 34.8 Å². The summed E-state index contributed by atoms with van der Waals surface area (Å²) in [6, 6.07) is 15.9. The number of ether oxygens (including phenoxy) is 2. The summed E-state index contributed by atoms with van der Waals surface area (Å²) in [6.45, 7) is 0. The predicted molar refractivity (Wildman–Crippen MR) is 99.5 cm³/mol. The fourth-order valence-corrected chi connectivity index (χ4v) is 4.52. The number of nitrogens with zero attached hydrogens (tertiary/aromatic N) is 2. The molecule has 0 radical (unpaired) electrons. The SMILES string of the molecule is COc1ccc(C2=NN3[C@H](C2)c2ccccc2O[C@@]32CSC(=O)N2)cc1. The number of fused-ring (bicyclic) bond motifs is 4. The molecular formula is C19H17N3O3S. The van der Waals surface area contributed by atoms with E-state index in [2.05, 4.69) is 11.4 Å². The van der Waals surface area contributed by atoms with Crippen LogP contribution in [0.5, 0.6) is 11.5 Å². The second-order valence-corrected chi connectivity index (χ2v) is 7.41. The van der Waals surface area contributed by atoms with Crippen LogP contribution in [0.2, 0.25) is 0 Å². The van der Waals surface area contributed by atoms with Crippen molar-refractivity contribution in [3.05, 3.63) is 59.7 Å². The van der Waals surface area contributed by atoms with E-state index in [9.17, 15) is 4.79 Å². The van der Waals surface area contributed by atoms with Gasteiger partial charge in [0.25, 0.3) is 11.1 Å². The van der Waals surface area contributed by atoms with Gasteiger partial charge in [-0.15, -0.1) is 0 Å². The van der Waals surface area contributed by atoms with Gasteiger partial charge >= 0.3 is 0 Å². The van der Waals surface area contributed by atoms with Crippen LogP contribution in [0.25, 0.3) is 0 Å². The lowest BCUT2D eigenvalue weighted by Crippen LogP contribution is -2.62. The van der Waals surface area contributed by atoms with Gasteiger partial charge in [0, 0.05) is 12.0 Å². The molecule has 0 bridgehead atoms. The van der Waals surface area contributed by atoms with Crippen molar-refractivity contribution in [3.63, 3.8) is 0 Å². The van der Waals surface area contributed by atoms with Crippen molar-refractivity contribution >= 4 is 22.7 Å². The highest BCUT2D eigenvalue weighted by molar-refractivity contribution is 8.14. The molecule has 132 valence electrons. The first-order chi connectivity index (χ1) is 12.7. The molecule has 26 heavy (non-hydrogen) atoms. The smallest absolute Gasteiger partial charge is 0.289 e. The topological polar surface area (TPSA) is 63.2 Å². The Hall–Kier alpha value is -2.67. The number of nitrogens with one attached hydrogen (secondary N) is 1. The van der Waals surface area contributed by atoms with E-state index >= 15 is 0 Å². The van der Waals surface area contributed by atoms with Crippen molar-refractivity contribution < 1.29 is 14.3 Å². The minimum absolute atomic E-state index is 0.0380. The molecule has 2 aromatic rings. The number of methoxy groups -OCH3 is 1. The van der Waals surface area contributed by atoms with Crippen molar-refractivity contribution in [2.24, 2.45) is 5.10 Å². The highest BCUT2D eigenvalue weighted by atomic mass is 32.2. The van der Waals surface area contributed by atoms with E-state index in [-0.39, 0.29) is 11.3 Å². The third-order valence-corrected chi connectivity index (χ3v) is 5.86. The van der Waals surface area contributed by atoms with E-state index in [4.69, 9.17) is 14.6 Å². The molecule has 6 nitrogen and oxygen atoms in total. The average Bonchev–Trinajstić information content (AvgIpc) is 3.28. The standard InChI is InChI=1S/C19H17N3O3S/c1-24-13-8-6-12(7-9-13)15-10-16-14-4-2-3-5-17(14)25-19(22(16)21-15)11-26-18(23)20-19/h2-9,16H,10-11H2,1H3,(H,20,23)/t16-,19-/m1/s1. The van der Waals surface area contributed by atoms with Gasteiger partial charge in [0.15, 0.2) is 0 Å².